The fourth-order valence-corrected chi connectivity index (χ4v) is 2.25. The third kappa shape index (κ3) is 2.13. The Balaban J connectivity index is 2.62. The molecule has 0 unspecified atom stereocenters. The Morgan fingerprint density at radius 2 is 2.22 bits per heavy atom. The number of carboxylic acids is 1. The van der Waals surface area contributed by atoms with Gasteiger partial charge < -0.3 is 5.11 Å². The predicted octanol–water partition coefficient (Wildman–Crippen LogP) is 3.34. The van der Waals surface area contributed by atoms with Crippen LogP contribution in [-0.2, 0) is 7.05 Å². The lowest BCUT2D eigenvalue weighted by atomic mass is 10.1. The molecule has 0 aliphatic heterocycles. The lowest BCUT2D eigenvalue weighted by Gasteiger charge is -2.06. The molecule has 1 aromatic heterocycles. The maximum atomic E-state index is 13.6. The first-order valence-corrected chi connectivity index (χ1v) is 6.00. The average Bonchev–Trinajstić information content (AvgIpc) is 2.69. The van der Waals surface area contributed by atoms with Crippen molar-refractivity contribution in [1.29, 1.82) is 0 Å². The number of halogens is 3. The van der Waals surface area contributed by atoms with Crippen LogP contribution in [0.4, 0.5) is 4.39 Å². The van der Waals surface area contributed by atoms with Crippen molar-refractivity contribution in [3.05, 3.63) is 39.2 Å². The van der Waals surface area contributed by atoms with E-state index in [9.17, 15) is 9.18 Å². The summed E-state index contributed by atoms with van der Waals surface area (Å²) in [7, 11) is 1.57. The highest BCUT2D eigenvalue weighted by molar-refractivity contribution is 9.10. The molecular weight excluding hydrogens is 326 g/mol. The molecule has 0 atom stereocenters. The van der Waals surface area contributed by atoms with Crippen LogP contribution in [0.1, 0.15) is 10.5 Å². The highest BCUT2D eigenvalue weighted by Crippen LogP contribution is 2.33. The molecule has 0 amide bonds. The molecular formula is C11H7BrClFN2O2. The van der Waals surface area contributed by atoms with Gasteiger partial charge in [0.15, 0.2) is 11.5 Å². The van der Waals surface area contributed by atoms with Crippen LogP contribution in [0.15, 0.2) is 22.7 Å². The third-order valence-electron chi connectivity index (χ3n) is 2.41. The fraction of sp³-hybridized carbons (Fsp3) is 0.0909. The van der Waals surface area contributed by atoms with Crippen LogP contribution in [0.3, 0.4) is 0 Å². The van der Waals surface area contributed by atoms with Gasteiger partial charge in [-0.2, -0.15) is 5.10 Å². The van der Waals surface area contributed by atoms with Crippen LogP contribution < -0.4 is 0 Å². The highest BCUT2D eigenvalue weighted by atomic mass is 79.9. The number of hydrogen-bond donors (Lipinski definition) is 1. The van der Waals surface area contributed by atoms with Gasteiger partial charge in [0.25, 0.3) is 0 Å². The molecule has 1 aromatic carbocycles. The predicted molar refractivity (Wildman–Crippen MR) is 68.3 cm³/mol. The Morgan fingerprint density at radius 1 is 1.56 bits per heavy atom. The Bertz CT molecular complexity index is 642. The summed E-state index contributed by atoms with van der Waals surface area (Å²) in [5, 5.41) is 12.6. The number of carbonyl (C=O) groups is 1. The normalized spacial score (nSPS) is 10.7. The number of aromatic nitrogens is 2. The fourth-order valence-electron chi connectivity index (χ4n) is 1.55. The molecule has 0 fully saturated rings. The Morgan fingerprint density at radius 3 is 2.78 bits per heavy atom. The maximum Gasteiger partial charge on any atom is 0.356 e. The molecule has 1 N–H and O–H groups in total. The number of hydrogen-bond acceptors (Lipinski definition) is 2. The van der Waals surface area contributed by atoms with Crippen LogP contribution in [0, 0.1) is 5.82 Å². The molecule has 2 rings (SSSR count). The zero-order valence-electron chi connectivity index (χ0n) is 9.12. The average molecular weight is 334 g/mol. The maximum absolute atomic E-state index is 13.6. The number of benzene rings is 1. The zero-order valence-corrected chi connectivity index (χ0v) is 11.5. The van der Waals surface area contributed by atoms with Gasteiger partial charge >= 0.3 is 5.97 Å². The van der Waals surface area contributed by atoms with Crippen LogP contribution in [0.5, 0.6) is 0 Å². The van der Waals surface area contributed by atoms with Crippen molar-refractivity contribution in [3.63, 3.8) is 0 Å². The number of carboxylic acid groups (broad SMARTS) is 1. The topological polar surface area (TPSA) is 55.1 Å². The SMILES string of the molecule is Cn1nc(C(=O)O)cc1-c1ccc(Br)c(F)c1Cl. The van der Waals surface area contributed by atoms with Gasteiger partial charge in [0.05, 0.1) is 15.2 Å². The highest BCUT2D eigenvalue weighted by Gasteiger charge is 2.17. The van der Waals surface area contributed by atoms with E-state index in [-0.39, 0.29) is 15.2 Å². The van der Waals surface area contributed by atoms with E-state index in [1.165, 1.54) is 16.8 Å². The summed E-state index contributed by atoms with van der Waals surface area (Å²) in [6.07, 6.45) is 0. The number of nitrogens with zero attached hydrogens (tertiary/aromatic N) is 2. The van der Waals surface area contributed by atoms with E-state index in [0.29, 0.717) is 11.3 Å². The van der Waals surface area contributed by atoms with Gasteiger partial charge in [-0.05, 0) is 34.1 Å². The van der Waals surface area contributed by atoms with E-state index in [0.717, 1.165) is 0 Å². The molecule has 0 saturated carbocycles. The van der Waals surface area contributed by atoms with Crippen molar-refractivity contribution in [2.24, 2.45) is 7.05 Å². The van der Waals surface area contributed by atoms with E-state index >= 15 is 0 Å². The van der Waals surface area contributed by atoms with Crippen LogP contribution >= 0.6 is 27.5 Å². The lowest BCUT2D eigenvalue weighted by Crippen LogP contribution is -1.99. The van der Waals surface area contributed by atoms with Gasteiger partial charge in [0, 0.05) is 12.6 Å². The quantitative estimate of drug-likeness (QED) is 0.858. The monoisotopic (exact) mass is 332 g/mol. The minimum atomic E-state index is -1.15. The minimum absolute atomic E-state index is 0.0793. The van der Waals surface area contributed by atoms with Crippen LogP contribution in [0.25, 0.3) is 11.3 Å². The van der Waals surface area contributed by atoms with Gasteiger partial charge in [-0.15, -0.1) is 0 Å². The summed E-state index contributed by atoms with van der Waals surface area (Å²) in [5.74, 6) is -1.74. The summed E-state index contributed by atoms with van der Waals surface area (Å²) < 4.78 is 15.2. The molecule has 2 aromatic rings. The smallest absolute Gasteiger partial charge is 0.356 e. The van der Waals surface area contributed by atoms with Crippen LogP contribution in [-0.4, -0.2) is 20.9 Å². The molecule has 0 aliphatic rings. The third-order valence-corrected chi connectivity index (χ3v) is 3.39. The Kier molecular flexibility index (Phi) is 3.41. The summed E-state index contributed by atoms with van der Waals surface area (Å²) >= 11 is 8.92. The largest absolute Gasteiger partial charge is 0.476 e. The van der Waals surface area contributed by atoms with Crippen molar-refractivity contribution in [1.82, 2.24) is 9.78 Å². The molecule has 0 bridgehead atoms. The summed E-state index contributed by atoms with van der Waals surface area (Å²) in [6, 6.07) is 4.44. The summed E-state index contributed by atoms with van der Waals surface area (Å²) in [5.41, 5.74) is 0.704. The second kappa shape index (κ2) is 4.70. The Labute approximate surface area is 115 Å². The van der Waals surface area contributed by atoms with Crippen molar-refractivity contribution in [3.8, 4) is 11.3 Å². The number of aryl methyl sites for hydroxylation is 1. The van der Waals surface area contributed by atoms with Gasteiger partial charge in [-0.25, -0.2) is 9.18 Å². The first kappa shape index (κ1) is 13.0. The van der Waals surface area contributed by atoms with Gasteiger partial charge in [-0.3, -0.25) is 4.68 Å². The summed E-state index contributed by atoms with van der Waals surface area (Å²) in [6.45, 7) is 0. The molecule has 0 aliphatic carbocycles. The Hall–Kier alpha value is -1.40. The molecule has 0 saturated heterocycles. The van der Waals surface area contributed by atoms with E-state index < -0.39 is 11.8 Å². The van der Waals surface area contributed by atoms with E-state index in [4.69, 9.17) is 16.7 Å². The lowest BCUT2D eigenvalue weighted by molar-refractivity contribution is 0.0689. The van der Waals surface area contributed by atoms with E-state index in [2.05, 4.69) is 21.0 Å². The molecule has 94 valence electrons. The molecule has 0 radical (unpaired) electrons. The molecule has 1 heterocycles. The first-order valence-electron chi connectivity index (χ1n) is 4.83. The molecule has 0 spiro atoms. The zero-order chi connectivity index (χ0) is 13.4. The van der Waals surface area contributed by atoms with Crippen molar-refractivity contribution in [2.45, 2.75) is 0 Å². The van der Waals surface area contributed by atoms with Crippen LogP contribution in [0.2, 0.25) is 5.02 Å². The van der Waals surface area contributed by atoms with E-state index in [1.807, 2.05) is 0 Å². The van der Waals surface area contributed by atoms with Gasteiger partial charge in [0.1, 0.15) is 0 Å². The first-order chi connectivity index (χ1) is 8.41. The van der Waals surface area contributed by atoms with Crippen molar-refractivity contribution < 1.29 is 14.3 Å². The number of aromatic carboxylic acids is 1. The van der Waals surface area contributed by atoms with Gasteiger partial charge in [-0.1, -0.05) is 11.6 Å². The number of rotatable bonds is 2. The standard InChI is InChI=1S/C11H7BrClFN2O2/c1-16-8(4-7(15-16)11(17)18)5-2-3-6(12)10(14)9(5)13/h2-4H,1H3,(H,17,18). The van der Waals surface area contributed by atoms with E-state index in [1.54, 1.807) is 13.1 Å². The molecule has 4 nitrogen and oxygen atoms in total. The van der Waals surface area contributed by atoms with Crippen molar-refractivity contribution in [2.75, 3.05) is 0 Å². The summed E-state index contributed by atoms with van der Waals surface area (Å²) in [4.78, 5) is 10.8. The van der Waals surface area contributed by atoms with Crippen molar-refractivity contribution >= 4 is 33.5 Å². The molecule has 7 heteroatoms. The van der Waals surface area contributed by atoms with Gasteiger partial charge in [0.2, 0.25) is 0 Å². The second-order valence-electron chi connectivity index (χ2n) is 3.57. The molecule has 18 heavy (non-hydrogen) atoms. The second-order valence-corrected chi connectivity index (χ2v) is 4.80. The minimum Gasteiger partial charge on any atom is -0.476 e.